The van der Waals surface area contributed by atoms with Crippen molar-refractivity contribution in [2.75, 3.05) is 37.0 Å². The summed E-state index contributed by atoms with van der Waals surface area (Å²) >= 11 is 0. The van der Waals surface area contributed by atoms with Crippen molar-refractivity contribution < 1.29 is 14.3 Å². The molecular weight excluding hydrogens is 366 g/mol. The molecule has 6 heteroatoms. The molecule has 2 aromatic rings. The quantitative estimate of drug-likeness (QED) is 0.715. The van der Waals surface area contributed by atoms with Crippen LogP contribution in [0.4, 0.5) is 11.4 Å². The van der Waals surface area contributed by atoms with Gasteiger partial charge in [-0.25, -0.2) is 0 Å². The van der Waals surface area contributed by atoms with Crippen LogP contribution in [0, 0.1) is 11.3 Å². The molecule has 0 radical (unpaired) electrons. The number of nitriles is 1. The van der Waals surface area contributed by atoms with Gasteiger partial charge < -0.3 is 19.7 Å². The molecule has 0 unspecified atom stereocenters. The summed E-state index contributed by atoms with van der Waals surface area (Å²) in [6.45, 7) is 2.14. The van der Waals surface area contributed by atoms with Gasteiger partial charge in [0.1, 0.15) is 6.07 Å². The number of carbonyl (C=O) groups is 1. The molecule has 0 spiro atoms. The van der Waals surface area contributed by atoms with Crippen LogP contribution in [0.3, 0.4) is 0 Å². The van der Waals surface area contributed by atoms with E-state index in [1.165, 1.54) is 38.1 Å². The van der Waals surface area contributed by atoms with E-state index in [4.69, 9.17) is 14.7 Å². The van der Waals surface area contributed by atoms with Crippen molar-refractivity contribution in [3.8, 4) is 17.6 Å². The van der Waals surface area contributed by atoms with Gasteiger partial charge in [0.05, 0.1) is 7.11 Å². The lowest BCUT2D eigenvalue weighted by Gasteiger charge is -2.28. The van der Waals surface area contributed by atoms with Crippen LogP contribution in [0.15, 0.2) is 48.5 Å². The first-order chi connectivity index (χ1) is 14.2. The van der Waals surface area contributed by atoms with Crippen LogP contribution in [0.5, 0.6) is 11.5 Å². The third-order valence-corrected chi connectivity index (χ3v) is 4.76. The molecule has 3 rings (SSSR count). The standard InChI is InChI=1S/C23H25N3O3/c1-28-22-17-18(5-11-21(22)29-16-13-24)6-12-23(27)25-19-7-9-20(10-8-19)26-14-3-2-4-15-26/h5-12,17H,2-4,14-16H2,1H3,(H,25,27). The van der Waals surface area contributed by atoms with Gasteiger partial charge in [0.2, 0.25) is 5.91 Å². The third kappa shape index (κ3) is 5.76. The number of piperidine rings is 1. The molecule has 1 amide bonds. The predicted molar refractivity (Wildman–Crippen MR) is 114 cm³/mol. The second-order valence-electron chi connectivity index (χ2n) is 6.77. The van der Waals surface area contributed by atoms with Gasteiger partial charge in [-0.3, -0.25) is 4.79 Å². The van der Waals surface area contributed by atoms with Gasteiger partial charge in [-0.15, -0.1) is 0 Å². The van der Waals surface area contributed by atoms with Crippen molar-refractivity contribution in [3.63, 3.8) is 0 Å². The summed E-state index contributed by atoms with van der Waals surface area (Å²) in [6, 6.07) is 15.2. The van der Waals surface area contributed by atoms with Gasteiger partial charge in [0, 0.05) is 30.5 Å². The van der Waals surface area contributed by atoms with Crippen LogP contribution < -0.4 is 19.7 Å². The van der Waals surface area contributed by atoms with Crippen LogP contribution in [-0.4, -0.2) is 32.7 Å². The fraction of sp³-hybridized carbons (Fsp3) is 0.304. The Labute approximate surface area is 171 Å². The summed E-state index contributed by atoms with van der Waals surface area (Å²) < 4.78 is 10.6. The second kappa shape index (κ2) is 10.2. The van der Waals surface area contributed by atoms with Crippen LogP contribution in [0.25, 0.3) is 6.08 Å². The van der Waals surface area contributed by atoms with E-state index in [-0.39, 0.29) is 12.5 Å². The van der Waals surface area contributed by atoms with Crippen LogP contribution >= 0.6 is 0 Å². The van der Waals surface area contributed by atoms with Crippen LogP contribution in [0.2, 0.25) is 0 Å². The highest BCUT2D eigenvalue weighted by Gasteiger charge is 2.10. The van der Waals surface area contributed by atoms with Crippen molar-refractivity contribution in [1.82, 2.24) is 0 Å². The first-order valence-corrected chi connectivity index (χ1v) is 9.71. The number of amides is 1. The monoisotopic (exact) mass is 391 g/mol. The Balaban J connectivity index is 1.58. The maximum Gasteiger partial charge on any atom is 0.248 e. The first-order valence-electron chi connectivity index (χ1n) is 9.71. The molecule has 1 aliphatic rings. The van der Waals surface area contributed by atoms with E-state index in [0.29, 0.717) is 11.5 Å². The lowest BCUT2D eigenvalue weighted by atomic mass is 10.1. The number of hydrogen-bond donors (Lipinski definition) is 1. The molecule has 150 valence electrons. The second-order valence-corrected chi connectivity index (χ2v) is 6.77. The van der Waals surface area contributed by atoms with Gasteiger partial charge in [0.15, 0.2) is 18.1 Å². The Morgan fingerprint density at radius 2 is 1.90 bits per heavy atom. The smallest absolute Gasteiger partial charge is 0.248 e. The zero-order chi connectivity index (χ0) is 20.5. The fourth-order valence-corrected chi connectivity index (χ4v) is 3.28. The van der Waals surface area contributed by atoms with E-state index < -0.39 is 0 Å². The van der Waals surface area contributed by atoms with E-state index >= 15 is 0 Å². The van der Waals surface area contributed by atoms with Crippen molar-refractivity contribution >= 4 is 23.4 Å². The zero-order valence-electron chi connectivity index (χ0n) is 16.6. The Kier molecular flexibility index (Phi) is 7.12. The Hall–Kier alpha value is -3.46. The molecular formula is C23H25N3O3. The number of nitrogens with zero attached hydrogens (tertiary/aromatic N) is 2. The summed E-state index contributed by atoms with van der Waals surface area (Å²) in [5.41, 5.74) is 2.75. The molecule has 2 aromatic carbocycles. The highest BCUT2D eigenvalue weighted by molar-refractivity contribution is 6.02. The fourth-order valence-electron chi connectivity index (χ4n) is 3.28. The zero-order valence-corrected chi connectivity index (χ0v) is 16.6. The molecule has 1 aliphatic heterocycles. The molecule has 29 heavy (non-hydrogen) atoms. The van der Waals surface area contributed by atoms with Crippen LogP contribution in [-0.2, 0) is 4.79 Å². The molecule has 0 aliphatic carbocycles. The van der Waals surface area contributed by atoms with Gasteiger partial charge in [0.25, 0.3) is 0 Å². The molecule has 1 heterocycles. The maximum absolute atomic E-state index is 12.2. The summed E-state index contributed by atoms with van der Waals surface area (Å²) in [5, 5.41) is 11.5. The summed E-state index contributed by atoms with van der Waals surface area (Å²) in [5.74, 6) is 0.792. The van der Waals surface area contributed by atoms with Gasteiger partial charge in [-0.05, 0) is 67.3 Å². The number of ether oxygens (including phenoxy) is 2. The average molecular weight is 391 g/mol. The Morgan fingerprint density at radius 1 is 1.14 bits per heavy atom. The molecule has 1 fully saturated rings. The summed E-state index contributed by atoms with van der Waals surface area (Å²) in [6.07, 6.45) is 6.95. The average Bonchev–Trinajstić information content (AvgIpc) is 2.77. The van der Waals surface area contributed by atoms with Gasteiger partial charge in [-0.1, -0.05) is 6.07 Å². The molecule has 0 bridgehead atoms. The van der Waals surface area contributed by atoms with Gasteiger partial charge >= 0.3 is 0 Å². The third-order valence-electron chi connectivity index (χ3n) is 4.76. The number of rotatable bonds is 7. The predicted octanol–water partition coefficient (Wildman–Crippen LogP) is 4.24. The number of hydrogen-bond acceptors (Lipinski definition) is 5. The van der Waals surface area contributed by atoms with Crippen molar-refractivity contribution in [2.45, 2.75) is 19.3 Å². The SMILES string of the molecule is COc1cc(C=CC(=O)Nc2ccc(N3CCCCC3)cc2)ccc1OCC#N. The minimum absolute atomic E-state index is 0.0511. The van der Waals surface area contributed by atoms with E-state index in [9.17, 15) is 4.79 Å². The van der Waals surface area contributed by atoms with Crippen LogP contribution in [0.1, 0.15) is 24.8 Å². The molecule has 6 nitrogen and oxygen atoms in total. The maximum atomic E-state index is 12.2. The summed E-state index contributed by atoms with van der Waals surface area (Å²) in [4.78, 5) is 14.6. The number of carbonyl (C=O) groups excluding carboxylic acids is 1. The number of nitrogens with one attached hydrogen (secondary N) is 1. The lowest BCUT2D eigenvalue weighted by molar-refractivity contribution is -0.111. The van der Waals surface area contributed by atoms with E-state index in [2.05, 4.69) is 22.3 Å². The molecule has 0 atom stereocenters. The number of anilines is 2. The molecule has 0 aromatic heterocycles. The minimum Gasteiger partial charge on any atom is -0.493 e. The van der Waals surface area contributed by atoms with Crippen molar-refractivity contribution in [3.05, 3.63) is 54.1 Å². The molecule has 0 saturated carbocycles. The first kappa shape index (κ1) is 20.3. The van der Waals surface area contributed by atoms with Crippen molar-refractivity contribution in [2.24, 2.45) is 0 Å². The minimum atomic E-state index is -0.209. The largest absolute Gasteiger partial charge is 0.493 e. The van der Waals surface area contributed by atoms with E-state index in [1.807, 2.05) is 18.2 Å². The number of benzene rings is 2. The van der Waals surface area contributed by atoms with E-state index in [0.717, 1.165) is 24.3 Å². The Morgan fingerprint density at radius 3 is 2.59 bits per heavy atom. The normalized spacial score (nSPS) is 13.7. The summed E-state index contributed by atoms with van der Waals surface area (Å²) in [7, 11) is 1.53. The topological polar surface area (TPSA) is 74.6 Å². The lowest BCUT2D eigenvalue weighted by Crippen LogP contribution is -2.29. The Bertz CT molecular complexity index is 895. The van der Waals surface area contributed by atoms with Gasteiger partial charge in [-0.2, -0.15) is 5.26 Å². The highest BCUT2D eigenvalue weighted by atomic mass is 16.5. The van der Waals surface area contributed by atoms with Crippen molar-refractivity contribution in [1.29, 1.82) is 5.26 Å². The number of methoxy groups -OCH3 is 1. The highest BCUT2D eigenvalue weighted by Crippen LogP contribution is 2.28. The molecule has 1 saturated heterocycles. The van der Waals surface area contributed by atoms with E-state index in [1.54, 1.807) is 24.3 Å². The molecule has 1 N–H and O–H groups in total.